The fourth-order valence-electron chi connectivity index (χ4n) is 2.22. The number of nitrogens with zero attached hydrogens (tertiary/aromatic N) is 4. The van der Waals surface area contributed by atoms with Gasteiger partial charge in [-0.3, -0.25) is 0 Å². The molecule has 5 nitrogen and oxygen atoms in total. The summed E-state index contributed by atoms with van der Waals surface area (Å²) >= 11 is 6.24. The van der Waals surface area contributed by atoms with Crippen LogP contribution in [0.5, 0.6) is 0 Å². The topological polar surface area (TPSA) is 41.5 Å². The van der Waals surface area contributed by atoms with Crippen LogP contribution < -0.4 is 4.90 Å². The van der Waals surface area contributed by atoms with E-state index in [4.69, 9.17) is 16.3 Å². The first kappa shape index (κ1) is 14.5. The van der Waals surface area contributed by atoms with Crippen molar-refractivity contribution in [2.45, 2.75) is 12.8 Å². The van der Waals surface area contributed by atoms with Gasteiger partial charge in [-0.15, -0.1) is 0 Å². The van der Waals surface area contributed by atoms with E-state index in [9.17, 15) is 0 Å². The van der Waals surface area contributed by atoms with Crippen molar-refractivity contribution in [1.82, 2.24) is 14.9 Å². The molecule has 0 saturated carbocycles. The van der Waals surface area contributed by atoms with Gasteiger partial charge in [0.05, 0.1) is 13.2 Å². The maximum absolute atomic E-state index is 6.24. The Hall–Kier alpha value is -0.910. The van der Waals surface area contributed by atoms with Gasteiger partial charge in [0.25, 0.3) is 0 Å². The lowest BCUT2D eigenvalue weighted by Crippen LogP contribution is -2.37. The van der Waals surface area contributed by atoms with E-state index < -0.39 is 0 Å². The van der Waals surface area contributed by atoms with Crippen LogP contribution in [0.2, 0.25) is 5.15 Å². The van der Waals surface area contributed by atoms with Crippen LogP contribution in [-0.2, 0) is 11.2 Å². The van der Waals surface area contributed by atoms with Crippen LogP contribution in [0.4, 0.5) is 5.82 Å². The first-order chi connectivity index (χ1) is 9.18. The van der Waals surface area contributed by atoms with Gasteiger partial charge in [0, 0.05) is 18.7 Å². The Morgan fingerprint density at radius 1 is 1.32 bits per heavy atom. The Morgan fingerprint density at radius 2 is 2.05 bits per heavy atom. The van der Waals surface area contributed by atoms with Crippen LogP contribution in [0, 0.1) is 0 Å². The van der Waals surface area contributed by atoms with Crippen LogP contribution in [0.25, 0.3) is 0 Å². The summed E-state index contributed by atoms with van der Waals surface area (Å²) < 4.78 is 5.38. The van der Waals surface area contributed by atoms with Crippen LogP contribution in [0.15, 0.2) is 6.33 Å². The quantitative estimate of drug-likeness (QED) is 0.766. The van der Waals surface area contributed by atoms with Crippen LogP contribution >= 0.6 is 11.6 Å². The van der Waals surface area contributed by atoms with Crippen LogP contribution in [0.3, 0.4) is 0 Å². The Bertz CT molecular complexity index is 408. The van der Waals surface area contributed by atoms with Gasteiger partial charge < -0.3 is 14.5 Å². The van der Waals surface area contributed by atoms with E-state index in [-0.39, 0.29) is 0 Å². The predicted octanol–water partition coefficient (Wildman–Crippen LogP) is 1.46. The third-order valence-electron chi connectivity index (χ3n) is 3.21. The molecule has 1 fully saturated rings. The van der Waals surface area contributed by atoms with Gasteiger partial charge in [0.1, 0.15) is 17.3 Å². The fraction of sp³-hybridized carbons (Fsp3) is 0.692. The van der Waals surface area contributed by atoms with Gasteiger partial charge in [-0.25, -0.2) is 9.97 Å². The van der Waals surface area contributed by atoms with E-state index in [1.165, 1.54) is 0 Å². The third kappa shape index (κ3) is 4.03. The molecule has 0 spiro atoms. The number of hydrogen-bond donors (Lipinski definition) is 0. The highest BCUT2D eigenvalue weighted by molar-refractivity contribution is 6.30. The number of aromatic nitrogens is 2. The van der Waals surface area contributed by atoms with Gasteiger partial charge in [-0.05, 0) is 33.5 Å². The second kappa shape index (κ2) is 7.03. The Balaban J connectivity index is 2.10. The lowest BCUT2D eigenvalue weighted by atomic mass is 10.1. The summed E-state index contributed by atoms with van der Waals surface area (Å²) in [6.07, 6.45) is 3.50. The summed E-state index contributed by atoms with van der Waals surface area (Å²) in [7, 11) is 4.15. The third-order valence-corrected chi connectivity index (χ3v) is 3.54. The van der Waals surface area contributed by atoms with E-state index >= 15 is 0 Å². The van der Waals surface area contributed by atoms with Crippen molar-refractivity contribution in [3.63, 3.8) is 0 Å². The van der Waals surface area contributed by atoms with Gasteiger partial charge in [0.2, 0.25) is 0 Å². The molecule has 6 heteroatoms. The minimum Gasteiger partial charge on any atom is -0.378 e. The zero-order valence-electron chi connectivity index (χ0n) is 11.6. The molecule has 0 bridgehead atoms. The van der Waals surface area contributed by atoms with Gasteiger partial charge in [0.15, 0.2) is 0 Å². The van der Waals surface area contributed by atoms with Gasteiger partial charge >= 0.3 is 0 Å². The largest absolute Gasteiger partial charge is 0.378 e. The van der Waals surface area contributed by atoms with Crippen molar-refractivity contribution in [3.8, 4) is 0 Å². The zero-order chi connectivity index (χ0) is 13.7. The molecular formula is C13H21ClN4O. The van der Waals surface area contributed by atoms with Gasteiger partial charge in [-0.1, -0.05) is 11.6 Å². The molecule has 0 aromatic carbocycles. The van der Waals surface area contributed by atoms with Crippen LogP contribution in [0.1, 0.15) is 12.0 Å². The van der Waals surface area contributed by atoms with Crippen molar-refractivity contribution in [3.05, 3.63) is 17.0 Å². The van der Waals surface area contributed by atoms with Crippen molar-refractivity contribution >= 4 is 17.4 Å². The first-order valence-corrected chi connectivity index (χ1v) is 7.03. The molecule has 2 rings (SSSR count). The summed E-state index contributed by atoms with van der Waals surface area (Å²) in [5, 5.41) is 0.579. The van der Waals surface area contributed by atoms with Crippen LogP contribution in [-0.4, -0.2) is 61.8 Å². The summed E-state index contributed by atoms with van der Waals surface area (Å²) in [5.41, 5.74) is 1.06. The number of hydrogen-bond acceptors (Lipinski definition) is 5. The molecule has 2 heterocycles. The van der Waals surface area contributed by atoms with E-state index in [0.717, 1.165) is 57.1 Å². The Morgan fingerprint density at radius 3 is 2.74 bits per heavy atom. The predicted molar refractivity (Wildman–Crippen MR) is 76.9 cm³/mol. The summed E-state index contributed by atoms with van der Waals surface area (Å²) in [4.78, 5) is 12.9. The molecule has 0 N–H and O–H groups in total. The van der Waals surface area contributed by atoms with E-state index in [1.54, 1.807) is 6.33 Å². The lowest BCUT2D eigenvalue weighted by molar-refractivity contribution is 0.122. The molecule has 0 radical (unpaired) electrons. The molecule has 0 unspecified atom stereocenters. The highest BCUT2D eigenvalue weighted by Crippen LogP contribution is 2.25. The van der Waals surface area contributed by atoms with Crippen molar-refractivity contribution in [2.24, 2.45) is 0 Å². The lowest BCUT2D eigenvalue weighted by Gasteiger charge is -2.29. The fourth-order valence-corrected chi connectivity index (χ4v) is 2.44. The number of rotatable bonds is 5. The molecule has 0 amide bonds. The molecule has 19 heavy (non-hydrogen) atoms. The molecule has 0 atom stereocenters. The zero-order valence-corrected chi connectivity index (χ0v) is 12.4. The number of ether oxygens (including phenoxy) is 1. The van der Waals surface area contributed by atoms with Crippen molar-refractivity contribution in [2.75, 3.05) is 51.8 Å². The molecule has 106 valence electrons. The highest BCUT2D eigenvalue weighted by Gasteiger charge is 2.18. The summed E-state index contributed by atoms with van der Waals surface area (Å²) in [6.45, 7) is 4.27. The molecule has 1 aliphatic heterocycles. The van der Waals surface area contributed by atoms with Crippen molar-refractivity contribution < 1.29 is 4.74 Å². The smallest absolute Gasteiger partial charge is 0.137 e. The number of halogens is 1. The maximum atomic E-state index is 6.24. The summed E-state index contributed by atoms with van der Waals surface area (Å²) in [6, 6.07) is 0. The average molecular weight is 285 g/mol. The number of anilines is 1. The molecule has 1 aliphatic rings. The standard InChI is InChI=1S/C13H21ClN4O/c1-17(2)5-3-4-11-12(14)15-10-16-13(11)18-6-8-19-9-7-18/h10H,3-9H2,1-2H3. The average Bonchev–Trinajstić information content (AvgIpc) is 2.41. The molecule has 1 aromatic rings. The Kier molecular flexibility index (Phi) is 5.36. The second-order valence-corrected chi connectivity index (χ2v) is 5.33. The second-order valence-electron chi connectivity index (χ2n) is 4.97. The molecular weight excluding hydrogens is 264 g/mol. The van der Waals surface area contributed by atoms with E-state index in [1.807, 2.05) is 0 Å². The molecule has 0 aliphatic carbocycles. The normalized spacial score (nSPS) is 16.1. The summed E-state index contributed by atoms with van der Waals surface area (Å²) in [5.74, 6) is 0.974. The van der Waals surface area contributed by atoms with Gasteiger partial charge in [-0.2, -0.15) is 0 Å². The Labute approximate surface area is 119 Å². The van der Waals surface area contributed by atoms with E-state index in [2.05, 4.69) is 33.9 Å². The van der Waals surface area contributed by atoms with Crippen molar-refractivity contribution in [1.29, 1.82) is 0 Å². The molecule has 1 aromatic heterocycles. The monoisotopic (exact) mass is 284 g/mol. The molecule has 1 saturated heterocycles. The number of morpholine rings is 1. The first-order valence-electron chi connectivity index (χ1n) is 6.65. The minimum absolute atomic E-state index is 0.579. The van der Waals surface area contributed by atoms with E-state index in [0.29, 0.717) is 5.15 Å². The highest BCUT2D eigenvalue weighted by atomic mass is 35.5. The minimum atomic E-state index is 0.579. The SMILES string of the molecule is CN(C)CCCc1c(Cl)ncnc1N1CCOCC1. The maximum Gasteiger partial charge on any atom is 0.137 e.